The second-order valence-electron chi connectivity index (χ2n) is 2.52. The lowest BCUT2D eigenvalue weighted by Gasteiger charge is -2.21. The molecule has 0 fully saturated rings. The third kappa shape index (κ3) is 2.34. The molecule has 10 heavy (non-hydrogen) atoms. The van der Waals surface area contributed by atoms with Gasteiger partial charge < -0.3 is 5.11 Å². The van der Waals surface area contributed by atoms with Crippen molar-refractivity contribution in [2.24, 2.45) is 5.92 Å². The van der Waals surface area contributed by atoms with Crippen molar-refractivity contribution in [3.05, 3.63) is 0 Å². The minimum absolute atomic E-state index is 0.269. The predicted molar refractivity (Wildman–Crippen MR) is 39.1 cm³/mol. The normalized spacial score (nSPS) is 16.4. The molecule has 0 spiro atoms. The molecule has 1 N–H and O–H groups in total. The lowest BCUT2D eigenvalue weighted by molar-refractivity contribution is 0.00735. The average molecular weight is 142 g/mol. The predicted octanol–water partition coefficient (Wildman–Crippen LogP) is 0.416. The molecule has 0 heterocycles. The molecule has 3 heteroatoms. The summed E-state index contributed by atoms with van der Waals surface area (Å²) in [6.07, 6.45) is 0.0607. The van der Waals surface area contributed by atoms with Gasteiger partial charge in [0.05, 0.1) is 12.0 Å². The fourth-order valence-electron chi connectivity index (χ4n) is 0.729. The fraction of sp³-hybridized carbons (Fsp3) is 0.857. The van der Waals surface area contributed by atoms with Crippen LogP contribution in [0.3, 0.4) is 0 Å². The van der Waals surface area contributed by atoms with Crippen LogP contribution in [-0.2, 0) is 0 Å². The maximum atomic E-state index is 9.29. The summed E-state index contributed by atoms with van der Waals surface area (Å²) < 4.78 is 0. The van der Waals surface area contributed by atoms with Gasteiger partial charge in [-0.25, -0.2) is 0 Å². The van der Waals surface area contributed by atoms with Gasteiger partial charge in [0, 0.05) is 0 Å². The van der Waals surface area contributed by atoms with E-state index in [1.165, 1.54) is 0 Å². The minimum atomic E-state index is -0.630. The van der Waals surface area contributed by atoms with Crippen molar-refractivity contribution in [1.82, 2.24) is 4.90 Å². The quantitative estimate of drug-likeness (QED) is 0.581. The molecule has 0 saturated heterocycles. The van der Waals surface area contributed by atoms with Crippen LogP contribution in [0.5, 0.6) is 0 Å². The summed E-state index contributed by atoms with van der Waals surface area (Å²) in [7, 11) is 3.51. The number of rotatable bonds is 3. The molecule has 0 aromatic heterocycles. The van der Waals surface area contributed by atoms with Gasteiger partial charge in [-0.15, -0.1) is 0 Å². The van der Waals surface area contributed by atoms with E-state index in [4.69, 9.17) is 5.26 Å². The molecule has 0 aliphatic rings. The van der Waals surface area contributed by atoms with Crippen molar-refractivity contribution < 1.29 is 5.11 Å². The lowest BCUT2D eigenvalue weighted by Crippen LogP contribution is -2.33. The van der Waals surface area contributed by atoms with Gasteiger partial charge in [0.15, 0.2) is 0 Å². The van der Waals surface area contributed by atoms with Gasteiger partial charge in [-0.1, -0.05) is 6.92 Å². The molecule has 0 amide bonds. The van der Waals surface area contributed by atoms with Crippen molar-refractivity contribution in [1.29, 1.82) is 5.26 Å². The number of nitriles is 1. The molecule has 0 unspecified atom stereocenters. The topological polar surface area (TPSA) is 47.3 Å². The molecule has 0 radical (unpaired) electrons. The Morgan fingerprint density at radius 1 is 1.60 bits per heavy atom. The Morgan fingerprint density at radius 2 is 2.10 bits per heavy atom. The lowest BCUT2D eigenvalue weighted by atomic mass is 10.1. The summed E-state index contributed by atoms with van der Waals surface area (Å²) in [5.41, 5.74) is 0. The minimum Gasteiger partial charge on any atom is -0.377 e. The van der Waals surface area contributed by atoms with E-state index in [1.807, 2.05) is 13.0 Å². The van der Waals surface area contributed by atoms with Crippen LogP contribution < -0.4 is 0 Å². The van der Waals surface area contributed by atoms with Gasteiger partial charge in [0.1, 0.15) is 6.23 Å². The van der Waals surface area contributed by atoms with Crippen molar-refractivity contribution in [3.8, 4) is 6.07 Å². The first-order valence-corrected chi connectivity index (χ1v) is 3.37. The summed E-state index contributed by atoms with van der Waals surface area (Å²) in [4.78, 5) is 1.64. The highest BCUT2D eigenvalue weighted by molar-refractivity contribution is 4.85. The number of nitrogens with zero attached hydrogens (tertiary/aromatic N) is 2. The highest BCUT2D eigenvalue weighted by Crippen LogP contribution is 2.08. The van der Waals surface area contributed by atoms with Crippen LogP contribution in [0.2, 0.25) is 0 Å². The molecule has 0 rings (SSSR count). The molecule has 2 atom stereocenters. The van der Waals surface area contributed by atoms with Crippen molar-refractivity contribution in [2.45, 2.75) is 19.6 Å². The SMILES string of the molecule is CC[C@@H](C#N)[C@H](O)N(C)C. The van der Waals surface area contributed by atoms with Crippen LogP contribution in [0.1, 0.15) is 13.3 Å². The first-order valence-electron chi connectivity index (χ1n) is 3.37. The Balaban J connectivity index is 3.92. The van der Waals surface area contributed by atoms with Gasteiger partial charge in [-0.3, -0.25) is 4.90 Å². The van der Waals surface area contributed by atoms with Crippen molar-refractivity contribution in [2.75, 3.05) is 14.1 Å². The van der Waals surface area contributed by atoms with Crippen molar-refractivity contribution in [3.63, 3.8) is 0 Å². The zero-order valence-corrected chi connectivity index (χ0v) is 6.70. The third-order valence-corrected chi connectivity index (χ3v) is 1.49. The Morgan fingerprint density at radius 3 is 2.20 bits per heavy atom. The highest BCUT2D eigenvalue weighted by atomic mass is 16.3. The molecule has 0 aromatic rings. The van der Waals surface area contributed by atoms with Gasteiger partial charge in [-0.05, 0) is 20.5 Å². The van der Waals surface area contributed by atoms with E-state index >= 15 is 0 Å². The molecular weight excluding hydrogens is 128 g/mol. The summed E-state index contributed by atoms with van der Waals surface area (Å²) in [5.74, 6) is -0.269. The van der Waals surface area contributed by atoms with Crippen LogP contribution >= 0.6 is 0 Å². The number of aliphatic hydroxyl groups is 1. The van der Waals surface area contributed by atoms with E-state index in [0.717, 1.165) is 0 Å². The smallest absolute Gasteiger partial charge is 0.122 e. The fourth-order valence-corrected chi connectivity index (χ4v) is 0.729. The number of hydrogen-bond acceptors (Lipinski definition) is 3. The maximum Gasteiger partial charge on any atom is 0.122 e. The molecule has 0 bridgehead atoms. The van der Waals surface area contributed by atoms with E-state index < -0.39 is 6.23 Å². The van der Waals surface area contributed by atoms with Crippen LogP contribution in [0.15, 0.2) is 0 Å². The Labute approximate surface area is 61.9 Å². The number of aliphatic hydroxyl groups excluding tert-OH is 1. The standard InChI is InChI=1S/C7H14N2O/c1-4-6(5-8)7(10)9(2)3/h6-7,10H,4H2,1-3H3/t6-,7-/m0/s1. The average Bonchev–Trinajstić information content (AvgIpc) is 1.90. The van der Waals surface area contributed by atoms with Gasteiger partial charge in [0.25, 0.3) is 0 Å². The molecular formula is C7H14N2O. The molecule has 58 valence electrons. The van der Waals surface area contributed by atoms with E-state index in [-0.39, 0.29) is 5.92 Å². The van der Waals surface area contributed by atoms with Crippen molar-refractivity contribution >= 4 is 0 Å². The molecule has 0 aromatic carbocycles. The second-order valence-corrected chi connectivity index (χ2v) is 2.52. The number of hydrogen-bond donors (Lipinski definition) is 1. The zero-order chi connectivity index (χ0) is 8.15. The van der Waals surface area contributed by atoms with E-state index in [0.29, 0.717) is 6.42 Å². The van der Waals surface area contributed by atoms with E-state index in [2.05, 4.69) is 0 Å². The van der Waals surface area contributed by atoms with Crippen LogP contribution in [0.4, 0.5) is 0 Å². The Kier molecular flexibility index (Phi) is 4.01. The summed E-state index contributed by atoms with van der Waals surface area (Å²) >= 11 is 0. The van der Waals surface area contributed by atoms with Gasteiger partial charge in [-0.2, -0.15) is 5.26 Å². The van der Waals surface area contributed by atoms with Gasteiger partial charge >= 0.3 is 0 Å². The molecule has 3 nitrogen and oxygen atoms in total. The van der Waals surface area contributed by atoms with Crippen LogP contribution in [-0.4, -0.2) is 30.3 Å². The highest BCUT2D eigenvalue weighted by Gasteiger charge is 2.17. The second kappa shape index (κ2) is 4.26. The molecule has 0 aliphatic heterocycles. The third-order valence-electron chi connectivity index (χ3n) is 1.49. The first-order chi connectivity index (χ1) is 4.63. The van der Waals surface area contributed by atoms with Crippen LogP contribution in [0.25, 0.3) is 0 Å². The Hall–Kier alpha value is -0.590. The Bertz CT molecular complexity index is 128. The molecule has 0 aliphatic carbocycles. The summed E-state index contributed by atoms with van der Waals surface area (Å²) in [6.45, 7) is 1.89. The monoisotopic (exact) mass is 142 g/mol. The summed E-state index contributed by atoms with van der Waals surface area (Å²) in [5, 5.41) is 17.8. The summed E-state index contributed by atoms with van der Waals surface area (Å²) in [6, 6.07) is 2.04. The molecule has 0 saturated carbocycles. The largest absolute Gasteiger partial charge is 0.377 e. The first kappa shape index (κ1) is 9.41. The van der Waals surface area contributed by atoms with Crippen LogP contribution in [0, 0.1) is 17.2 Å². The zero-order valence-electron chi connectivity index (χ0n) is 6.70. The van der Waals surface area contributed by atoms with Gasteiger partial charge in [0.2, 0.25) is 0 Å². The van der Waals surface area contributed by atoms with E-state index in [1.54, 1.807) is 19.0 Å². The maximum absolute atomic E-state index is 9.29. The van der Waals surface area contributed by atoms with E-state index in [9.17, 15) is 5.11 Å².